The van der Waals surface area contributed by atoms with Crippen molar-refractivity contribution < 1.29 is 4.39 Å². The highest BCUT2D eigenvalue weighted by atomic mass is 32.2. The summed E-state index contributed by atoms with van der Waals surface area (Å²) in [5.74, 6) is 6.15. The standard InChI is InChI=1S/C10H15FN2S/c1-14-7-10(13-12)6-8-2-4-9(11)5-3-8/h2-5,10,13H,6-7,12H2,1H3. The van der Waals surface area contributed by atoms with E-state index in [-0.39, 0.29) is 11.9 Å². The molecule has 0 spiro atoms. The Morgan fingerprint density at radius 1 is 1.43 bits per heavy atom. The lowest BCUT2D eigenvalue weighted by Gasteiger charge is -2.14. The molecular weight excluding hydrogens is 199 g/mol. The molecule has 1 aromatic carbocycles. The summed E-state index contributed by atoms with van der Waals surface area (Å²) >= 11 is 1.74. The van der Waals surface area contributed by atoms with Crippen LogP contribution in [0, 0.1) is 5.82 Å². The topological polar surface area (TPSA) is 38.0 Å². The fourth-order valence-corrected chi connectivity index (χ4v) is 1.89. The Balaban J connectivity index is 2.53. The van der Waals surface area contributed by atoms with Crippen molar-refractivity contribution >= 4 is 11.8 Å². The third kappa shape index (κ3) is 3.65. The van der Waals surface area contributed by atoms with E-state index in [1.165, 1.54) is 12.1 Å². The summed E-state index contributed by atoms with van der Waals surface area (Å²) in [6.07, 6.45) is 2.87. The second kappa shape index (κ2) is 6.01. The quantitative estimate of drug-likeness (QED) is 0.577. The van der Waals surface area contributed by atoms with Gasteiger partial charge in [0.1, 0.15) is 5.82 Å². The van der Waals surface area contributed by atoms with Crippen LogP contribution in [0.5, 0.6) is 0 Å². The Bertz CT molecular complexity index is 263. The van der Waals surface area contributed by atoms with Crippen LogP contribution in [0.15, 0.2) is 24.3 Å². The van der Waals surface area contributed by atoms with E-state index in [9.17, 15) is 4.39 Å². The number of thioether (sulfide) groups is 1. The summed E-state index contributed by atoms with van der Waals surface area (Å²) in [5, 5.41) is 0. The number of nitrogens with two attached hydrogens (primary N) is 1. The summed E-state index contributed by atoms with van der Waals surface area (Å²) in [4.78, 5) is 0. The number of benzene rings is 1. The largest absolute Gasteiger partial charge is 0.271 e. The van der Waals surface area contributed by atoms with Gasteiger partial charge < -0.3 is 0 Å². The zero-order valence-corrected chi connectivity index (χ0v) is 8.98. The van der Waals surface area contributed by atoms with Crippen molar-refractivity contribution in [1.82, 2.24) is 5.43 Å². The summed E-state index contributed by atoms with van der Waals surface area (Å²) in [6, 6.07) is 6.78. The third-order valence-electron chi connectivity index (χ3n) is 2.00. The van der Waals surface area contributed by atoms with E-state index in [4.69, 9.17) is 5.84 Å². The number of rotatable bonds is 5. The summed E-state index contributed by atoms with van der Waals surface area (Å²) in [5.41, 5.74) is 3.85. The zero-order chi connectivity index (χ0) is 10.4. The maximum atomic E-state index is 12.6. The molecule has 0 aliphatic carbocycles. The van der Waals surface area contributed by atoms with E-state index in [1.54, 1.807) is 23.9 Å². The molecule has 1 rings (SSSR count). The van der Waals surface area contributed by atoms with Gasteiger partial charge in [0.25, 0.3) is 0 Å². The normalized spacial score (nSPS) is 12.8. The van der Waals surface area contributed by atoms with Crippen LogP contribution in [0.1, 0.15) is 5.56 Å². The summed E-state index contributed by atoms with van der Waals surface area (Å²) in [7, 11) is 0. The molecule has 3 N–H and O–H groups in total. The Morgan fingerprint density at radius 2 is 2.07 bits per heavy atom. The smallest absolute Gasteiger partial charge is 0.123 e. The van der Waals surface area contributed by atoms with Crippen molar-refractivity contribution in [3.05, 3.63) is 35.6 Å². The molecule has 1 unspecified atom stereocenters. The summed E-state index contributed by atoms with van der Waals surface area (Å²) in [6.45, 7) is 0. The molecule has 78 valence electrons. The molecule has 0 aromatic heterocycles. The van der Waals surface area contributed by atoms with Gasteiger partial charge in [0.2, 0.25) is 0 Å². The zero-order valence-electron chi connectivity index (χ0n) is 8.16. The first-order chi connectivity index (χ1) is 6.76. The fraction of sp³-hybridized carbons (Fsp3) is 0.400. The molecular formula is C10H15FN2S. The van der Waals surface area contributed by atoms with Crippen molar-refractivity contribution in [3.8, 4) is 0 Å². The van der Waals surface area contributed by atoms with Gasteiger partial charge in [0.05, 0.1) is 0 Å². The Hall–Kier alpha value is -0.580. The van der Waals surface area contributed by atoms with Crippen molar-refractivity contribution in [3.63, 3.8) is 0 Å². The van der Waals surface area contributed by atoms with Gasteiger partial charge in [-0.05, 0) is 30.4 Å². The molecule has 0 bridgehead atoms. The highest BCUT2D eigenvalue weighted by Crippen LogP contribution is 2.07. The molecule has 2 nitrogen and oxygen atoms in total. The van der Waals surface area contributed by atoms with Gasteiger partial charge in [0.15, 0.2) is 0 Å². The van der Waals surface area contributed by atoms with Crippen LogP contribution in [-0.4, -0.2) is 18.1 Å². The molecule has 0 fully saturated rings. The molecule has 0 aliphatic heterocycles. The van der Waals surface area contributed by atoms with E-state index in [0.717, 1.165) is 17.7 Å². The van der Waals surface area contributed by atoms with Crippen LogP contribution in [0.3, 0.4) is 0 Å². The van der Waals surface area contributed by atoms with Gasteiger partial charge in [0, 0.05) is 11.8 Å². The number of hydrogen-bond donors (Lipinski definition) is 2. The van der Waals surface area contributed by atoms with E-state index >= 15 is 0 Å². The SMILES string of the molecule is CSCC(Cc1ccc(F)cc1)NN. The average molecular weight is 214 g/mol. The lowest BCUT2D eigenvalue weighted by Crippen LogP contribution is -2.38. The minimum atomic E-state index is -0.198. The number of nitrogens with one attached hydrogen (secondary N) is 1. The first-order valence-electron chi connectivity index (χ1n) is 4.45. The Labute approximate surface area is 88.0 Å². The van der Waals surface area contributed by atoms with Crippen LogP contribution in [0.4, 0.5) is 4.39 Å². The molecule has 0 heterocycles. The van der Waals surface area contributed by atoms with Crippen molar-refractivity contribution in [2.45, 2.75) is 12.5 Å². The molecule has 1 atom stereocenters. The summed E-state index contributed by atoms with van der Waals surface area (Å²) < 4.78 is 12.6. The van der Waals surface area contributed by atoms with Gasteiger partial charge >= 0.3 is 0 Å². The van der Waals surface area contributed by atoms with Gasteiger partial charge in [-0.2, -0.15) is 11.8 Å². The number of hydrogen-bond acceptors (Lipinski definition) is 3. The van der Waals surface area contributed by atoms with Gasteiger partial charge in [-0.25, -0.2) is 4.39 Å². The highest BCUT2D eigenvalue weighted by molar-refractivity contribution is 7.98. The van der Waals surface area contributed by atoms with Gasteiger partial charge in [-0.15, -0.1) is 0 Å². The second-order valence-electron chi connectivity index (χ2n) is 3.15. The van der Waals surface area contributed by atoms with Crippen LogP contribution in [-0.2, 0) is 6.42 Å². The Morgan fingerprint density at radius 3 is 2.57 bits per heavy atom. The molecule has 0 radical (unpaired) electrons. The molecule has 4 heteroatoms. The Kier molecular flexibility index (Phi) is 4.93. The fourth-order valence-electron chi connectivity index (χ4n) is 1.27. The molecule has 1 aromatic rings. The molecule has 0 saturated carbocycles. The van der Waals surface area contributed by atoms with Crippen LogP contribution < -0.4 is 11.3 Å². The maximum absolute atomic E-state index is 12.6. The second-order valence-corrected chi connectivity index (χ2v) is 4.06. The third-order valence-corrected chi connectivity index (χ3v) is 2.73. The lowest BCUT2D eigenvalue weighted by atomic mass is 10.1. The minimum Gasteiger partial charge on any atom is -0.271 e. The predicted octanol–water partition coefficient (Wildman–Crippen LogP) is 1.56. The van der Waals surface area contributed by atoms with E-state index in [1.807, 2.05) is 6.26 Å². The van der Waals surface area contributed by atoms with Crippen molar-refractivity contribution in [2.75, 3.05) is 12.0 Å². The van der Waals surface area contributed by atoms with Crippen LogP contribution in [0.25, 0.3) is 0 Å². The predicted molar refractivity (Wildman–Crippen MR) is 59.6 cm³/mol. The first kappa shape index (κ1) is 11.5. The van der Waals surface area contributed by atoms with Crippen molar-refractivity contribution in [2.24, 2.45) is 5.84 Å². The molecule has 0 aliphatic rings. The van der Waals surface area contributed by atoms with Crippen molar-refractivity contribution in [1.29, 1.82) is 0 Å². The van der Waals surface area contributed by atoms with Gasteiger partial charge in [-0.3, -0.25) is 11.3 Å². The van der Waals surface area contributed by atoms with E-state index in [2.05, 4.69) is 5.43 Å². The number of halogens is 1. The average Bonchev–Trinajstić information content (AvgIpc) is 2.20. The highest BCUT2D eigenvalue weighted by Gasteiger charge is 2.06. The maximum Gasteiger partial charge on any atom is 0.123 e. The van der Waals surface area contributed by atoms with Crippen LogP contribution >= 0.6 is 11.8 Å². The monoisotopic (exact) mass is 214 g/mol. The van der Waals surface area contributed by atoms with E-state index in [0.29, 0.717) is 0 Å². The minimum absolute atomic E-state index is 0.198. The first-order valence-corrected chi connectivity index (χ1v) is 5.85. The molecule has 0 amide bonds. The molecule has 0 saturated heterocycles. The number of hydrazine groups is 1. The van der Waals surface area contributed by atoms with Crippen LogP contribution in [0.2, 0.25) is 0 Å². The van der Waals surface area contributed by atoms with E-state index < -0.39 is 0 Å². The lowest BCUT2D eigenvalue weighted by molar-refractivity contribution is 0.574. The van der Waals surface area contributed by atoms with Gasteiger partial charge in [-0.1, -0.05) is 12.1 Å². The molecule has 14 heavy (non-hydrogen) atoms.